The average Bonchev–Trinajstić information content (AvgIpc) is 2.67. The third-order valence-corrected chi connectivity index (χ3v) is 2.86. The highest BCUT2D eigenvalue weighted by Gasteiger charge is 2.16. The first-order chi connectivity index (χ1) is 7.65. The fourth-order valence-electron chi connectivity index (χ4n) is 1.78. The highest BCUT2D eigenvalue weighted by Crippen LogP contribution is 2.22. The van der Waals surface area contributed by atoms with Gasteiger partial charge in [-0.2, -0.15) is 5.10 Å². The predicted octanol–water partition coefficient (Wildman–Crippen LogP) is 2.11. The van der Waals surface area contributed by atoms with E-state index in [1.54, 1.807) is 0 Å². The second kappa shape index (κ2) is 3.96. The van der Waals surface area contributed by atoms with Gasteiger partial charge in [0.1, 0.15) is 0 Å². The third-order valence-electron chi connectivity index (χ3n) is 2.86. The molecule has 1 unspecified atom stereocenters. The van der Waals surface area contributed by atoms with Crippen LogP contribution in [0, 0.1) is 0 Å². The Bertz CT molecular complexity index is 530. The van der Waals surface area contributed by atoms with Crippen molar-refractivity contribution in [3.8, 4) is 0 Å². The van der Waals surface area contributed by atoms with Crippen LogP contribution in [0.5, 0.6) is 0 Å². The topological polar surface area (TPSA) is 60.9 Å². The maximum Gasteiger partial charge on any atom is 0.269 e. The van der Waals surface area contributed by atoms with Crippen molar-refractivity contribution in [2.45, 2.75) is 26.3 Å². The van der Waals surface area contributed by atoms with Gasteiger partial charge in [0.2, 0.25) is 0 Å². The molecule has 4 heteroatoms. The zero-order valence-electron chi connectivity index (χ0n) is 9.47. The zero-order chi connectivity index (χ0) is 11.7. The number of rotatable bonds is 3. The summed E-state index contributed by atoms with van der Waals surface area (Å²) in [6, 6.07) is 7.92. The van der Waals surface area contributed by atoms with E-state index in [4.69, 9.17) is 5.73 Å². The van der Waals surface area contributed by atoms with Gasteiger partial charge in [-0.1, -0.05) is 25.1 Å². The van der Waals surface area contributed by atoms with Crippen molar-refractivity contribution in [3.05, 3.63) is 30.0 Å². The van der Waals surface area contributed by atoms with Gasteiger partial charge in [0.15, 0.2) is 5.69 Å². The summed E-state index contributed by atoms with van der Waals surface area (Å²) < 4.78 is 1.87. The molecule has 84 valence electrons. The van der Waals surface area contributed by atoms with Crippen molar-refractivity contribution >= 4 is 16.8 Å². The van der Waals surface area contributed by atoms with Crippen LogP contribution in [0.15, 0.2) is 24.3 Å². The molecule has 0 saturated carbocycles. The molecule has 1 aromatic heterocycles. The van der Waals surface area contributed by atoms with E-state index < -0.39 is 5.91 Å². The standard InChI is InChI=1S/C12H15N3O/c1-3-8(2)15-10-7-5-4-6-9(10)11(14-15)12(13)16/h4-8H,3H2,1-2H3,(H2,13,16). The van der Waals surface area contributed by atoms with Crippen molar-refractivity contribution in [2.75, 3.05) is 0 Å². The normalized spacial score (nSPS) is 12.9. The first kappa shape index (κ1) is 10.7. The van der Waals surface area contributed by atoms with Gasteiger partial charge in [-0.3, -0.25) is 9.48 Å². The van der Waals surface area contributed by atoms with Crippen molar-refractivity contribution in [2.24, 2.45) is 5.73 Å². The van der Waals surface area contributed by atoms with Crippen LogP contribution in [0.4, 0.5) is 0 Å². The van der Waals surface area contributed by atoms with Gasteiger partial charge in [0, 0.05) is 11.4 Å². The van der Waals surface area contributed by atoms with Crippen molar-refractivity contribution < 1.29 is 4.79 Å². The minimum Gasteiger partial charge on any atom is -0.364 e. The van der Waals surface area contributed by atoms with Crippen LogP contribution in [0.3, 0.4) is 0 Å². The molecule has 1 heterocycles. The summed E-state index contributed by atoms with van der Waals surface area (Å²) in [7, 11) is 0. The van der Waals surface area contributed by atoms with Gasteiger partial charge in [0.25, 0.3) is 5.91 Å². The lowest BCUT2D eigenvalue weighted by molar-refractivity contribution is 0.0996. The minimum absolute atomic E-state index is 0.262. The largest absolute Gasteiger partial charge is 0.364 e. The van der Waals surface area contributed by atoms with Crippen LogP contribution in [-0.4, -0.2) is 15.7 Å². The predicted molar refractivity (Wildman–Crippen MR) is 63.3 cm³/mol. The molecule has 0 bridgehead atoms. The van der Waals surface area contributed by atoms with Crippen molar-refractivity contribution in [1.82, 2.24) is 9.78 Å². The highest BCUT2D eigenvalue weighted by molar-refractivity contribution is 6.04. The lowest BCUT2D eigenvalue weighted by Crippen LogP contribution is -2.13. The van der Waals surface area contributed by atoms with Crippen LogP contribution in [0.25, 0.3) is 10.9 Å². The molecule has 1 aromatic carbocycles. The lowest BCUT2D eigenvalue weighted by Gasteiger charge is -2.09. The van der Waals surface area contributed by atoms with Crippen molar-refractivity contribution in [3.63, 3.8) is 0 Å². The quantitative estimate of drug-likeness (QED) is 0.855. The molecule has 0 aliphatic heterocycles. The molecule has 1 amide bonds. The number of fused-ring (bicyclic) bond motifs is 1. The second-order valence-corrected chi connectivity index (χ2v) is 3.93. The van der Waals surface area contributed by atoms with Gasteiger partial charge < -0.3 is 5.73 Å². The molecule has 0 saturated heterocycles. The molecule has 16 heavy (non-hydrogen) atoms. The van der Waals surface area contributed by atoms with Crippen LogP contribution >= 0.6 is 0 Å². The van der Waals surface area contributed by atoms with E-state index in [0.29, 0.717) is 5.69 Å². The molecule has 2 aromatic rings. The molecule has 0 radical (unpaired) electrons. The highest BCUT2D eigenvalue weighted by atomic mass is 16.1. The number of aromatic nitrogens is 2. The number of hydrogen-bond donors (Lipinski definition) is 1. The first-order valence-corrected chi connectivity index (χ1v) is 5.42. The lowest BCUT2D eigenvalue weighted by atomic mass is 10.2. The Kier molecular flexibility index (Phi) is 2.64. The number of carbonyl (C=O) groups is 1. The number of carbonyl (C=O) groups excluding carboxylic acids is 1. The molecular formula is C12H15N3O. The molecule has 1 atom stereocenters. The molecule has 0 fully saturated rings. The maximum absolute atomic E-state index is 11.3. The van der Waals surface area contributed by atoms with Gasteiger partial charge >= 0.3 is 0 Å². The Hall–Kier alpha value is -1.84. The van der Waals surface area contributed by atoms with E-state index in [0.717, 1.165) is 17.3 Å². The van der Waals surface area contributed by atoms with Gasteiger partial charge in [-0.25, -0.2) is 0 Å². The average molecular weight is 217 g/mol. The smallest absolute Gasteiger partial charge is 0.269 e. The summed E-state index contributed by atoms with van der Waals surface area (Å²) >= 11 is 0. The Morgan fingerprint density at radius 3 is 2.81 bits per heavy atom. The first-order valence-electron chi connectivity index (χ1n) is 5.42. The molecular weight excluding hydrogens is 202 g/mol. The van der Waals surface area contributed by atoms with E-state index in [1.807, 2.05) is 28.9 Å². The summed E-state index contributed by atoms with van der Waals surface area (Å²) in [5, 5.41) is 5.13. The Labute approximate surface area is 94.0 Å². The SMILES string of the molecule is CCC(C)n1nc(C(N)=O)c2ccccc21. The minimum atomic E-state index is -0.474. The number of benzene rings is 1. The van der Waals surface area contributed by atoms with E-state index in [1.165, 1.54) is 0 Å². The monoisotopic (exact) mass is 217 g/mol. The Balaban J connectivity index is 2.71. The molecule has 2 rings (SSSR count). The number of hydrogen-bond acceptors (Lipinski definition) is 2. The van der Waals surface area contributed by atoms with Crippen LogP contribution < -0.4 is 5.73 Å². The van der Waals surface area contributed by atoms with Crippen molar-refractivity contribution in [1.29, 1.82) is 0 Å². The second-order valence-electron chi connectivity index (χ2n) is 3.93. The summed E-state index contributed by atoms with van der Waals surface area (Å²) in [4.78, 5) is 11.3. The van der Waals surface area contributed by atoms with E-state index in [-0.39, 0.29) is 6.04 Å². The Morgan fingerprint density at radius 2 is 2.19 bits per heavy atom. The summed E-state index contributed by atoms with van der Waals surface area (Å²) in [6.07, 6.45) is 0.962. The van der Waals surface area contributed by atoms with E-state index >= 15 is 0 Å². The number of nitrogens with two attached hydrogens (primary N) is 1. The van der Waals surface area contributed by atoms with Gasteiger partial charge in [-0.05, 0) is 19.4 Å². The number of primary amides is 1. The third kappa shape index (κ3) is 1.56. The van der Waals surface area contributed by atoms with Crippen LogP contribution in [-0.2, 0) is 0 Å². The van der Waals surface area contributed by atoms with Gasteiger partial charge in [-0.15, -0.1) is 0 Å². The summed E-state index contributed by atoms with van der Waals surface area (Å²) in [6.45, 7) is 4.16. The summed E-state index contributed by atoms with van der Waals surface area (Å²) in [5.74, 6) is -0.474. The Morgan fingerprint density at radius 1 is 1.50 bits per heavy atom. The number of amides is 1. The number of para-hydroxylation sites is 1. The summed E-state index contributed by atoms with van der Waals surface area (Å²) in [5.41, 5.74) is 6.64. The number of nitrogens with zero attached hydrogens (tertiary/aromatic N) is 2. The maximum atomic E-state index is 11.3. The fraction of sp³-hybridized carbons (Fsp3) is 0.333. The van der Waals surface area contributed by atoms with Gasteiger partial charge in [0.05, 0.1) is 5.52 Å². The van der Waals surface area contributed by atoms with Crippen LogP contribution in [0.2, 0.25) is 0 Å². The molecule has 0 aliphatic rings. The van der Waals surface area contributed by atoms with E-state index in [2.05, 4.69) is 18.9 Å². The molecule has 0 aliphatic carbocycles. The zero-order valence-corrected chi connectivity index (χ0v) is 9.47. The molecule has 4 nitrogen and oxygen atoms in total. The molecule has 0 spiro atoms. The fourth-order valence-corrected chi connectivity index (χ4v) is 1.78. The molecule has 2 N–H and O–H groups in total. The van der Waals surface area contributed by atoms with E-state index in [9.17, 15) is 4.79 Å². The van der Waals surface area contributed by atoms with Crippen LogP contribution in [0.1, 0.15) is 36.8 Å².